The second kappa shape index (κ2) is 10.4. The third-order valence-corrected chi connectivity index (χ3v) is 13.8. The molecule has 2 heterocycles. The number of fused-ring (bicyclic) bond motifs is 1. The van der Waals surface area contributed by atoms with Crippen LogP contribution in [0, 0.1) is 5.92 Å². The predicted octanol–water partition coefficient (Wildman–Crippen LogP) is 4.86. The van der Waals surface area contributed by atoms with Crippen molar-refractivity contribution in [2.75, 3.05) is 6.61 Å². The van der Waals surface area contributed by atoms with Gasteiger partial charge in [-0.25, -0.2) is 0 Å². The van der Waals surface area contributed by atoms with E-state index in [-0.39, 0.29) is 23.2 Å². The smallest absolute Gasteiger partial charge is 0.261 e. The Morgan fingerprint density at radius 3 is 2.18 bits per heavy atom. The minimum Gasteiger partial charge on any atom is -0.405 e. The van der Waals surface area contributed by atoms with Crippen LogP contribution in [0.15, 0.2) is 84.5 Å². The molecule has 6 atom stereocenters. The number of benzene rings is 2. The largest absolute Gasteiger partial charge is 0.405 e. The summed E-state index contributed by atoms with van der Waals surface area (Å²) in [4.78, 5) is 0. The van der Waals surface area contributed by atoms with Gasteiger partial charge in [0.15, 0.2) is 5.79 Å². The summed E-state index contributed by atoms with van der Waals surface area (Å²) in [7, 11) is -2.76. The molecule has 2 fully saturated rings. The minimum atomic E-state index is -2.76. The number of aliphatic hydroxyl groups is 2. The molecule has 5 rings (SSSR count). The van der Waals surface area contributed by atoms with Crippen LogP contribution in [0.3, 0.4) is 0 Å². The maximum atomic E-state index is 11.5. The number of aliphatic hydroxyl groups excluding tert-OH is 1. The third kappa shape index (κ3) is 5.48. The van der Waals surface area contributed by atoms with E-state index in [2.05, 4.69) is 75.9 Å². The van der Waals surface area contributed by atoms with Crippen LogP contribution in [0.2, 0.25) is 5.04 Å². The van der Waals surface area contributed by atoms with Gasteiger partial charge in [-0.2, -0.15) is 0 Å². The van der Waals surface area contributed by atoms with E-state index in [4.69, 9.17) is 13.9 Å². The zero-order valence-corrected chi connectivity index (χ0v) is 25.0. The van der Waals surface area contributed by atoms with Gasteiger partial charge in [0.25, 0.3) is 8.32 Å². The number of hydrogen-bond donors (Lipinski definition) is 2. The van der Waals surface area contributed by atoms with Crippen LogP contribution in [-0.2, 0) is 13.9 Å². The van der Waals surface area contributed by atoms with Gasteiger partial charge < -0.3 is 24.1 Å². The third-order valence-electron chi connectivity index (χ3n) is 8.80. The van der Waals surface area contributed by atoms with Crippen LogP contribution in [0.1, 0.15) is 60.3 Å². The topological polar surface area (TPSA) is 68.2 Å². The highest BCUT2D eigenvalue weighted by Gasteiger charge is 2.55. The lowest BCUT2D eigenvalue weighted by atomic mass is 9.74. The SMILES string of the molecule is C=C1CC2(CC(C)(O)CC(CO[Si](c3ccccc3)(c3ccccc3)C(C)(C)C)O2)O[C@@H]2C=C(C)[C@@H](O)C[C@H]12. The van der Waals surface area contributed by atoms with Crippen LogP contribution in [0.4, 0.5) is 0 Å². The van der Waals surface area contributed by atoms with E-state index in [0.717, 1.165) is 11.1 Å². The van der Waals surface area contributed by atoms with Crippen molar-refractivity contribution in [1.82, 2.24) is 0 Å². The molecule has 2 aromatic carbocycles. The molecule has 0 amide bonds. The summed E-state index contributed by atoms with van der Waals surface area (Å²) in [5.41, 5.74) is 0.950. The summed E-state index contributed by atoms with van der Waals surface area (Å²) in [5.74, 6) is -0.921. The van der Waals surface area contributed by atoms with Crippen LogP contribution >= 0.6 is 0 Å². The molecule has 0 aromatic heterocycles. The second-order valence-corrected chi connectivity index (χ2v) is 17.5. The molecule has 3 unspecified atom stereocenters. The van der Waals surface area contributed by atoms with E-state index in [1.165, 1.54) is 10.4 Å². The van der Waals surface area contributed by atoms with Crippen molar-refractivity contribution in [1.29, 1.82) is 0 Å². The lowest BCUT2D eigenvalue weighted by Crippen LogP contribution is -2.67. The fraction of sp³-hybridized carbons (Fsp3) is 0.515. The van der Waals surface area contributed by atoms with Gasteiger partial charge in [0, 0.05) is 25.2 Å². The minimum absolute atomic E-state index is 0.0524. The van der Waals surface area contributed by atoms with Gasteiger partial charge in [0.2, 0.25) is 0 Å². The highest BCUT2D eigenvalue weighted by Crippen LogP contribution is 2.49. The van der Waals surface area contributed by atoms with E-state index in [1.807, 2.05) is 32.1 Å². The van der Waals surface area contributed by atoms with E-state index in [0.29, 0.717) is 32.3 Å². The van der Waals surface area contributed by atoms with Crippen LogP contribution in [0.5, 0.6) is 0 Å². The lowest BCUT2D eigenvalue weighted by Gasteiger charge is -2.53. The van der Waals surface area contributed by atoms with E-state index in [1.54, 1.807) is 0 Å². The van der Waals surface area contributed by atoms with Crippen LogP contribution in [-0.4, -0.2) is 54.8 Å². The number of hydrogen-bond acceptors (Lipinski definition) is 5. The Hall–Kier alpha value is -2.06. The van der Waals surface area contributed by atoms with Gasteiger partial charge in [-0.1, -0.05) is 99.7 Å². The highest BCUT2D eigenvalue weighted by molar-refractivity contribution is 6.99. The van der Waals surface area contributed by atoms with E-state index >= 15 is 0 Å². The Balaban J connectivity index is 1.46. The molecule has 1 spiro atoms. The Kier molecular flexibility index (Phi) is 7.59. The average Bonchev–Trinajstić information content (AvgIpc) is 2.85. The van der Waals surface area contributed by atoms with Crippen molar-refractivity contribution >= 4 is 18.7 Å². The van der Waals surface area contributed by atoms with Crippen molar-refractivity contribution in [3.63, 3.8) is 0 Å². The zero-order valence-electron chi connectivity index (χ0n) is 24.0. The first kappa shape index (κ1) is 28.5. The van der Waals surface area contributed by atoms with Crippen molar-refractivity contribution in [3.05, 3.63) is 84.5 Å². The molecule has 39 heavy (non-hydrogen) atoms. The fourth-order valence-electron chi connectivity index (χ4n) is 7.10. The first-order valence-corrected chi connectivity index (χ1v) is 16.1. The molecule has 0 radical (unpaired) electrons. The molecule has 6 heteroatoms. The molecular formula is C33H44O5Si. The summed E-state index contributed by atoms with van der Waals surface area (Å²) in [6, 6.07) is 21.2. The highest BCUT2D eigenvalue weighted by atomic mass is 28.4. The summed E-state index contributed by atoms with van der Waals surface area (Å²) in [6.07, 6.45) is 2.91. The molecular weight excluding hydrogens is 504 g/mol. The normalized spacial score (nSPS) is 33.5. The Labute approximate surface area is 234 Å². The quantitative estimate of drug-likeness (QED) is 0.413. The zero-order chi connectivity index (χ0) is 28.1. The molecule has 2 saturated heterocycles. The summed E-state index contributed by atoms with van der Waals surface area (Å²) >= 11 is 0. The summed E-state index contributed by atoms with van der Waals surface area (Å²) in [6.45, 7) is 15.3. The molecule has 5 nitrogen and oxygen atoms in total. The molecule has 2 N–H and O–H groups in total. The standard InChI is InChI=1S/C33H44O5Si/c1-23-17-30-28(18-29(23)34)24(2)19-33(38-30)22-32(6,35)20-25(37-33)21-36-39(31(3,4)5,26-13-9-7-10-14-26)27-15-11-8-12-16-27/h7-17,25,28-30,34-35H,2,18-22H2,1,3-6H3/t25?,28-,29+,30-,32?,33?/m1/s1. The Morgan fingerprint density at radius 1 is 1.03 bits per heavy atom. The Morgan fingerprint density at radius 2 is 1.62 bits per heavy atom. The van der Waals surface area contributed by atoms with Gasteiger partial charge in [-0.05, 0) is 41.3 Å². The van der Waals surface area contributed by atoms with Crippen molar-refractivity contribution in [2.24, 2.45) is 5.92 Å². The summed E-state index contributed by atoms with van der Waals surface area (Å²) in [5, 5.41) is 24.2. The van der Waals surface area contributed by atoms with Gasteiger partial charge in [0.1, 0.15) is 0 Å². The van der Waals surface area contributed by atoms with Crippen molar-refractivity contribution < 1.29 is 24.1 Å². The van der Waals surface area contributed by atoms with Gasteiger partial charge in [-0.15, -0.1) is 0 Å². The first-order valence-electron chi connectivity index (χ1n) is 14.2. The van der Waals surface area contributed by atoms with Gasteiger partial charge in [-0.3, -0.25) is 0 Å². The lowest BCUT2D eigenvalue weighted by molar-refractivity contribution is -0.335. The average molecular weight is 549 g/mol. The van der Waals surface area contributed by atoms with Gasteiger partial charge >= 0.3 is 0 Å². The molecule has 0 bridgehead atoms. The molecule has 3 aliphatic rings. The van der Waals surface area contributed by atoms with Crippen LogP contribution < -0.4 is 10.4 Å². The summed E-state index contributed by atoms with van der Waals surface area (Å²) < 4.78 is 20.6. The number of ether oxygens (including phenoxy) is 2. The molecule has 2 aliphatic heterocycles. The maximum absolute atomic E-state index is 11.5. The van der Waals surface area contributed by atoms with Crippen molar-refractivity contribution in [2.45, 2.75) is 95.0 Å². The van der Waals surface area contributed by atoms with E-state index in [9.17, 15) is 10.2 Å². The second-order valence-electron chi connectivity index (χ2n) is 13.2. The van der Waals surface area contributed by atoms with E-state index < -0.39 is 25.8 Å². The fourth-order valence-corrected chi connectivity index (χ4v) is 11.7. The van der Waals surface area contributed by atoms with Gasteiger partial charge in [0.05, 0.1) is 30.5 Å². The predicted molar refractivity (Wildman–Crippen MR) is 158 cm³/mol. The monoisotopic (exact) mass is 548 g/mol. The first-order chi connectivity index (χ1) is 18.3. The maximum Gasteiger partial charge on any atom is 0.261 e. The molecule has 0 saturated carbocycles. The molecule has 2 aromatic rings. The molecule has 210 valence electrons. The molecule has 1 aliphatic carbocycles. The van der Waals surface area contributed by atoms with Crippen molar-refractivity contribution in [3.8, 4) is 0 Å². The Bertz CT molecular complexity index is 1160. The number of rotatable bonds is 5. The van der Waals surface area contributed by atoms with Crippen LogP contribution in [0.25, 0.3) is 0 Å².